The molecule has 4 aliphatic rings. The summed E-state index contributed by atoms with van der Waals surface area (Å²) in [5.41, 5.74) is 2.17. The van der Waals surface area contributed by atoms with E-state index in [1.807, 2.05) is 0 Å². The lowest BCUT2D eigenvalue weighted by Crippen LogP contribution is -2.52. The molecule has 0 saturated heterocycles. The van der Waals surface area contributed by atoms with Crippen molar-refractivity contribution in [2.45, 2.75) is 118 Å². The Bertz CT molecular complexity index is 708. The second-order valence-electron chi connectivity index (χ2n) is 13.0. The van der Waals surface area contributed by atoms with Gasteiger partial charge < -0.3 is 4.74 Å². The first-order valence-corrected chi connectivity index (χ1v) is 14.0. The van der Waals surface area contributed by atoms with Gasteiger partial charge in [-0.2, -0.15) is 0 Å². The molecule has 0 aliphatic heterocycles. The van der Waals surface area contributed by atoms with Crippen molar-refractivity contribution in [3.05, 3.63) is 11.6 Å². The molecule has 8 atom stereocenters. The van der Waals surface area contributed by atoms with Crippen LogP contribution in [-0.4, -0.2) is 18.5 Å². The number of hydrogen-bond acceptors (Lipinski definition) is 2. The van der Waals surface area contributed by atoms with E-state index in [-0.39, 0.29) is 11.5 Å². The van der Waals surface area contributed by atoms with E-state index >= 15 is 0 Å². The van der Waals surface area contributed by atoms with Crippen molar-refractivity contribution < 1.29 is 9.53 Å². The normalized spacial score (nSPS) is 42.3. The van der Waals surface area contributed by atoms with Gasteiger partial charge in [-0.15, -0.1) is 0 Å². The van der Waals surface area contributed by atoms with Crippen LogP contribution in [0, 0.1) is 46.3 Å². The van der Waals surface area contributed by atoms with Gasteiger partial charge in [0.05, 0.1) is 0 Å². The van der Waals surface area contributed by atoms with E-state index in [4.69, 9.17) is 4.74 Å². The summed E-state index contributed by atoms with van der Waals surface area (Å²) in [6.07, 6.45) is 16.0. The Labute approximate surface area is 198 Å². The van der Waals surface area contributed by atoms with Gasteiger partial charge >= 0.3 is 0 Å². The van der Waals surface area contributed by atoms with Crippen molar-refractivity contribution in [2.75, 3.05) is 6.61 Å². The van der Waals surface area contributed by atoms with Crippen molar-refractivity contribution >= 4 is 5.78 Å². The Morgan fingerprint density at radius 2 is 1.88 bits per heavy atom. The number of Topliss-reactive ketones (excluding diaryl/α,β-unsaturated/α-hetero) is 1. The lowest BCUT2D eigenvalue weighted by atomic mass is 9.47. The highest BCUT2D eigenvalue weighted by atomic mass is 16.5. The summed E-state index contributed by atoms with van der Waals surface area (Å²) in [6.45, 7) is 15.2. The predicted molar refractivity (Wildman–Crippen MR) is 133 cm³/mol. The second-order valence-corrected chi connectivity index (χ2v) is 13.0. The van der Waals surface area contributed by atoms with E-state index in [0.29, 0.717) is 30.1 Å². The summed E-state index contributed by atoms with van der Waals surface area (Å²) in [7, 11) is 0. The van der Waals surface area contributed by atoms with E-state index in [0.717, 1.165) is 42.4 Å². The molecule has 32 heavy (non-hydrogen) atoms. The molecule has 0 radical (unpaired) electrons. The Kier molecular flexibility index (Phi) is 7.31. The van der Waals surface area contributed by atoms with E-state index in [1.54, 1.807) is 5.57 Å². The molecule has 4 rings (SSSR count). The van der Waals surface area contributed by atoms with Crippen molar-refractivity contribution in [1.82, 2.24) is 0 Å². The minimum absolute atomic E-state index is 0.0916. The van der Waals surface area contributed by atoms with Gasteiger partial charge in [0.1, 0.15) is 6.10 Å². The van der Waals surface area contributed by atoms with Gasteiger partial charge in [0, 0.05) is 19.4 Å². The first kappa shape index (κ1) is 24.5. The van der Waals surface area contributed by atoms with Crippen LogP contribution in [0.2, 0.25) is 0 Å². The highest BCUT2D eigenvalue weighted by Crippen LogP contribution is 2.67. The van der Waals surface area contributed by atoms with Gasteiger partial charge in [-0.05, 0) is 84.9 Å². The van der Waals surface area contributed by atoms with Crippen LogP contribution in [-0.2, 0) is 9.53 Å². The third-order valence-corrected chi connectivity index (χ3v) is 10.7. The number of ether oxygens (including phenoxy) is 1. The molecule has 0 aromatic heterocycles. The van der Waals surface area contributed by atoms with Crippen LogP contribution in [0.4, 0.5) is 0 Å². The maximum atomic E-state index is 13.1. The summed E-state index contributed by atoms with van der Waals surface area (Å²) in [4.78, 5) is 13.1. The zero-order chi connectivity index (χ0) is 23.1. The molecular weight excluding hydrogens is 392 g/mol. The van der Waals surface area contributed by atoms with E-state index < -0.39 is 0 Å². The van der Waals surface area contributed by atoms with Crippen molar-refractivity contribution in [2.24, 2.45) is 46.3 Å². The lowest BCUT2D eigenvalue weighted by molar-refractivity contribution is -0.139. The van der Waals surface area contributed by atoms with Crippen LogP contribution < -0.4 is 0 Å². The highest BCUT2D eigenvalue weighted by molar-refractivity contribution is 5.86. The van der Waals surface area contributed by atoms with Crippen LogP contribution in [0.25, 0.3) is 0 Å². The minimum Gasteiger partial charge on any atom is -0.370 e. The van der Waals surface area contributed by atoms with Crippen LogP contribution in [0.5, 0.6) is 0 Å². The van der Waals surface area contributed by atoms with Crippen molar-refractivity contribution in [3.63, 3.8) is 0 Å². The smallest absolute Gasteiger partial charge is 0.162 e. The molecule has 0 spiro atoms. The standard InChI is InChI=1S/C30H50O2/c1-7-17-32-28-18-22-11-12-23-25-14-13-24(21(4)10-8-9-20(2)3)29(25,5)16-15-26(23)30(22,6)19-27(28)31/h11,20-21,23-26,28H,7-10,12-19H2,1-6H3. The third-order valence-electron chi connectivity index (χ3n) is 10.7. The molecule has 2 heteroatoms. The molecule has 0 aromatic carbocycles. The van der Waals surface area contributed by atoms with Crippen LogP contribution in [0.1, 0.15) is 112 Å². The first-order chi connectivity index (χ1) is 15.2. The quantitative estimate of drug-likeness (QED) is 0.356. The summed E-state index contributed by atoms with van der Waals surface area (Å²) in [5.74, 6) is 5.31. The fraction of sp³-hybridized carbons (Fsp3) is 0.900. The summed E-state index contributed by atoms with van der Waals surface area (Å²) in [5, 5.41) is 0. The van der Waals surface area contributed by atoms with Crippen molar-refractivity contribution in [1.29, 1.82) is 0 Å². The maximum absolute atomic E-state index is 13.1. The van der Waals surface area contributed by atoms with Crippen molar-refractivity contribution in [3.8, 4) is 0 Å². The third kappa shape index (κ3) is 4.27. The van der Waals surface area contributed by atoms with Crippen LogP contribution in [0.15, 0.2) is 11.6 Å². The summed E-state index contributed by atoms with van der Waals surface area (Å²) < 4.78 is 5.96. The fourth-order valence-corrected chi connectivity index (χ4v) is 8.94. The van der Waals surface area contributed by atoms with Gasteiger partial charge in [-0.1, -0.05) is 72.5 Å². The molecule has 3 fully saturated rings. The average molecular weight is 443 g/mol. The number of ketones is 1. The molecule has 182 valence electrons. The molecule has 0 heterocycles. The monoisotopic (exact) mass is 442 g/mol. The molecule has 8 unspecified atom stereocenters. The number of carbonyl (C=O) groups is 1. The molecule has 0 N–H and O–H groups in total. The minimum atomic E-state index is -0.178. The molecular formula is C30H50O2. The number of rotatable bonds is 8. The SMILES string of the molecule is CCCOC1CC2=CCC3C(CCC4(C)C(C(C)CCCC(C)C)CCC34)C2(C)CC1=O. The zero-order valence-electron chi connectivity index (χ0n) is 21.9. The molecule has 0 amide bonds. The molecule has 4 aliphatic carbocycles. The van der Waals surface area contributed by atoms with Gasteiger partial charge in [0.2, 0.25) is 0 Å². The van der Waals surface area contributed by atoms with Crippen LogP contribution >= 0.6 is 0 Å². The first-order valence-electron chi connectivity index (χ1n) is 14.0. The number of carbonyl (C=O) groups excluding carboxylic acids is 1. The molecule has 0 aromatic rings. The van der Waals surface area contributed by atoms with E-state index in [1.165, 1.54) is 51.4 Å². The van der Waals surface area contributed by atoms with E-state index in [2.05, 4.69) is 47.6 Å². The number of allylic oxidation sites excluding steroid dienone is 1. The average Bonchev–Trinajstić information content (AvgIpc) is 3.09. The number of hydrogen-bond donors (Lipinski definition) is 0. The molecule has 2 nitrogen and oxygen atoms in total. The lowest BCUT2D eigenvalue weighted by Gasteiger charge is -2.58. The maximum Gasteiger partial charge on any atom is 0.162 e. The predicted octanol–water partition coefficient (Wildman–Crippen LogP) is 8.00. The Hall–Kier alpha value is -0.630. The molecule has 0 bridgehead atoms. The highest BCUT2D eigenvalue weighted by Gasteiger charge is 2.59. The van der Waals surface area contributed by atoms with Crippen LogP contribution in [0.3, 0.4) is 0 Å². The summed E-state index contributed by atoms with van der Waals surface area (Å²) >= 11 is 0. The molecule has 3 saturated carbocycles. The Morgan fingerprint density at radius 3 is 2.59 bits per heavy atom. The Morgan fingerprint density at radius 1 is 1.09 bits per heavy atom. The van der Waals surface area contributed by atoms with Gasteiger partial charge in [0.25, 0.3) is 0 Å². The van der Waals surface area contributed by atoms with Gasteiger partial charge in [-0.3, -0.25) is 4.79 Å². The fourth-order valence-electron chi connectivity index (χ4n) is 8.94. The van der Waals surface area contributed by atoms with Gasteiger partial charge in [0.15, 0.2) is 5.78 Å². The Balaban J connectivity index is 1.48. The number of fused-ring (bicyclic) bond motifs is 5. The topological polar surface area (TPSA) is 26.3 Å². The van der Waals surface area contributed by atoms with Gasteiger partial charge in [-0.25, -0.2) is 0 Å². The zero-order valence-corrected chi connectivity index (χ0v) is 21.9. The second kappa shape index (κ2) is 9.55. The summed E-state index contributed by atoms with van der Waals surface area (Å²) in [6, 6.07) is 0. The van der Waals surface area contributed by atoms with E-state index in [9.17, 15) is 4.79 Å². The largest absolute Gasteiger partial charge is 0.370 e.